The number of benzene rings is 4. The molecule has 0 aliphatic heterocycles. The van der Waals surface area contributed by atoms with Crippen LogP contribution in [0.2, 0.25) is 15.1 Å². The van der Waals surface area contributed by atoms with Gasteiger partial charge < -0.3 is 20.4 Å². The molecule has 6 bridgehead atoms. The van der Waals surface area contributed by atoms with Gasteiger partial charge in [-0.2, -0.15) is 0 Å². The van der Waals surface area contributed by atoms with Crippen molar-refractivity contribution in [3.63, 3.8) is 0 Å². The number of aryl methyl sites for hydroxylation is 1. The van der Waals surface area contributed by atoms with Crippen LogP contribution in [0.5, 0.6) is 23.0 Å². The second-order valence-electron chi connectivity index (χ2n) is 8.37. The second-order valence-corrected chi connectivity index (χ2v) is 9.54. The normalized spacial score (nSPS) is 12.5. The van der Waals surface area contributed by atoms with Crippen LogP contribution >= 0.6 is 34.8 Å². The third-order valence-corrected chi connectivity index (χ3v) is 7.31. The summed E-state index contributed by atoms with van der Waals surface area (Å²) in [5.41, 5.74) is 4.79. The smallest absolute Gasteiger partial charge is 0.153 e. The minimum Gasteiger partial charge on any atom is -0.507 e. The largest absolute Gasteiger partial charge is 0.507 e. The van der Waals surface area contributed by atoms with E-state index in [9.17, 15) is 20.4 Å². The average molecular weight is 526 g/mol. The molecule has 6 rings (SSSR count). The summed E-state index contributed by atoms with van der Waals surface area (Å²) in [6, 6.07) is 15.3. The third-order valence-electron chi connectivity index (χ3n) is 6.22. The summed E-state index contributed by atoms with van der Waals surface area (Å²) in [7, 11) is 0. The number of hydrogen-bond donors (Lipinski definition) is 4. The molecule has 4 N–H and O–H groups in total. The number of phenols is 4. The van der Waals surface area contributed by atoms with E-state index in [1.165, 1.54) is 0 Å². The maximum Gasteiger partial charge on any atom is 0.153 e. The van der Waals surface area contributed by atoms with Crippen molar-refractivity contribution in [2.75, 3.05) is 0 Å². The summed E-state index contributed by atoms with van der Waals surface area (Å²) in [6.45, 7) is 0. The molecule has 2 aliphatic rings. The van der Waals surface area contributed by atoms with Crippen LogP contribution in [0, 0.1) is 0 Å². The molecule has 0 atom stereocenters. The van der Waals surface area contributed by atoms with E-state index in [1.54, 1.807) is 60.7 Å². The Morgan fingerprint density at radius 2 is 1.29 bits per heavy atom. The molecular formula is C28H19Cl3O4. The topological polar surface area (TPSA) is 80.9 Å². The van der Waals surface area contributed by atoms with Gasteiger partial charge in [0.05, 0.1) is 15.1 Å². The van der Waals surface area contributed by atoms with Crippen LogP contribution in [0.25, 0.3) is 34.4 Å². The van der Waals surface area contributed by atoms with Gasteiger partial charge in [-0.15, -0.1) is 0 Å². The molecule has 35 heavy (non-hydrogen) atoms. The first-order chi connectivity index (χ1) is 16.7. The Balaban J connectivity index is 1.79. The van der Waals surface area contributed by atoms with Gasteiger partial charge in [-0.3, -0.25) is 0 Å². The van der Waals surface area contributed by atoms with Crippen LogP contribution in [0.15, 0.2) is 54.6 Å². The first-order valence-corrected chi connectivity index (χ1v) is 11.9. The summed E-state index contributed by atoms with van der Waals surface area (Å²) in [6.07, 6.45) is 4.44. The Morgan fingerprint density at radius 1 is 0.571 bits per heavy atom. The lowest BCUT2D eigenvalue weighted by Crippen LogP contribution is -1.98. The molecule has 0 spiro atoms. The highest BCUT2D eigenvalue weighted by Gasteiger charge is 2.21. The second kappa shape index (κ2) is 9.04. The number of halogens is 3. The Kier molecular flexibility index (Phi) is 6.06. The highest BCUT2D eigenvalue weighted by molar-refractivity contribution is 6.38. The van der Waals surface area contributed by atoms with Gasteiger partial charge in [0.1, 0.15) is 17.2 Å². The minimum absolute atomic E-state index is 0.0312. The SMILES string of the molecule is Oc1ccc2cc1-c1cc(ccc1O)CCc1c(cc(Cl)c(O)c1Cl)-c1ccc(c(Cl)c1O)C=C2. The average Bonchev–Trinajstić information content (AvgIpc) is 2.84. The van der Waals surface area contributed by atoms with Crippen LogP contribution in [-0.4, -0.2) is 20.4 Å². The molecule has 0 saturated carbocycles. The highest BCUT2D eigenvalue weighted by Crippen LogP contribution is 2.46. The lowest BCUT2D eigenvalue weighted by molar-refractivity contribution is 0.469. The molecule has 4 aromatic rings. The van der Waals surface area contributed by atoms with Crippen molar-refractivity contribution in [2.24, 2.45) is 0 Å². The standard InChI is InChI=1S/C28H19Cl3O4/c29-22-13-19-17(26(31)28(22)35)7-2-15-4-10-24(33)21(12-15)20-11-14(3-9-23(20)32)1-5-16-6-8-18(19)27(34)25(16)30/h1,3-6,8-13,32-35H,2,7H2. The van der Waals surface area contributed by atoms with Crippen LogP contribution in [0.3, 0.4) is 0 Å². The number of rotatable bonds is 0. The van der Waals surface area contributed by atoms with E-state index in [2.05, 4.69) is 0 Å². The van der Waals surface area contributed by atoms with E-state index in [0.717, 1.165) is 11.1 Å². The van der Waals surface area contributed by atoms with Gasteiger partial charge in [0.15, 0.2) is 5.75 Å². The summed E-state index contributed by atoms with van der Waals surface area (Å²) < 4.78 is 0. The summed E-state index contributed by atoms with van der Waals surface area (Å²) in [5.74, 6) is -0.293. The molecule has 4 nitrogen and oxygen atoms in total. The predicted molar refractivity (Wildman–Crippen MR) is 142 cm³/mol. The van der Waals surface area contributed by atoms with Crippen molar-refractivity contribution in [3.05, 3.63) is 91.9 Å². The Labute approximate surface area is 216 Å². The van der Waals surface area contributed by atoms with Crippen LogP contribution < -0.4 is 0 Å². The molecule has 0 saturated heterocycles. The van der Waals surface area contributed by atoms with E-state index < -0.39 is 0 Å². The number of hydrogen-bond acceptors (Lipinski definition) is 4. The van der Waals surface area contributed by atoms with Gasteiger partial charge in [-0.05, 0) is 77.1 Å². The van der Waals surface area contributed by atoms with Gasteiger partial charge in [0.25, 0.3) is 0 Å². The zero-order chi connectivity index (χ0) is 24.9. The molecule has 0 amide bonds. The molecule has 0 radical (unpaired) electrons. The van der Waals surface area contributed by atoms with E-state index in [0.29, 0.717) is 46.2 Å². The summed E-state index contributed by atoms with van der Waals surface area (Å²) >= 11 is 19.3. The molecule has 4 aromatic carbocycles. The molecule has 0 fully saturated rings. The van der Waals surface area contributed by atoms with Crippen molar-refractivity contribution in [1.29, 1.82) is 0 Å². The number of aromatic hydroxyl groups is 4. The Bertz CT molecular complexity index is 1530. The molecule has 0 heterocycles. The number of fused-ring (bicyclic) bond motifs is 3. The van der Waals surface area contributed by atoms with Crippen LogP contribution in [0.4, 0.5) is 0 Å². The maximum atomic E-state index is 11.0. The fraction of sp³-hybridized carbons (Fsp3) is 0.0714. The first kappa shape index (κ1) is 23.4. The van der Waals surface area contributed by atoms with Gasteiger partial charge in [0.2, 0.25) is 0 Å². The number of phenolic OH excluding ortho intramolecular Hbond substituents is 4. The van der Waals surface area contributed by atoms with E-state index in [4.69, 9.17) is 34.8 Å². The van der Waals surface area contributed by atoms with Crippen molar-refractivity contribution in [2.45, 2.75) is 12.8 Å². The zero-order valence-corrected chi connectivity index (χ0v) is 20.5. The molecule has 176 valence electrons. The predicted octanol–water partition coefficient (Wildman–Crippen LogP) is 8.07. The van der Waals surface area contributed by atoms with Crippen molar-refractivity contribution < 1.29 is 20.4 Å². The van der Waals surface area contributed by atoms with Crippen molar-refractivity contribution in [3.8, 4) is 45.3 Å². The van der Waals surface area contributed by atoms with Gasteiger partial charge >= 0.3 is 0 Å². The third kappa shape index (κ3) is 4.19. The maximum absolute atomic E-state index is 11.0. The lowest BCUT2D eigenvalue weighted by Gasteiger charge is -2.17. The molecule has 0 aromatic heterocycles. The minimum atomic E-state index is -0.236. The van der Waals surface area contributed by atoms with Gasteiger partial charge in [0, 0.05) is 16.7 Å². The fourth-order valence-electron chi connectivity index (χ4n) is 4.34. The summed E-state index contributed by atoms with van der Waals surface area (Å²) in [5, 5.41) is 42.8. The Hall–Kier alpha value is -3.31. The summed E-state index contributed by atoms with van der Waals surface area (Å²) in [4.78, 5) is 0. The van der Waals surface area contributed by atoms with Gasteiger partial charge in [-0.1, -0.05) is 65.2 Å². The molecule has 2 aliphatic carbocycles. The van der Waals surface area contributed by atoms with Crippen molar-refractivity contribution in [1.82, 2.24) is 0 Å². The quantitative estimate of drug-likeness (QED) is 0.187. The monoisotopic (exact) mass is 524 g/mol. The van der Waals surface area contributed by atoms with Crippen LogP contribution in [0.1, 0.15) is 22.3 Å². The Morgan fingerprint density at radius 3 is 2.06 bits per heavy atom. The van der Waals surface area contributed by atoms with Gasteiger partial charge in [-0.25, -0.2) is 0 Å². The molecular weight excluding hydrogens is 507 g/mol. The highest BCUT2D eigenvalue weighted by atomic mass is 35.5. The first-order valence-electron chi connectivity index (χ1n) is 10.8. The van der Waals surface area contributed by atoms with E-state index in [-0.39, 0.29) is 38.1 Å². The molecule has 0 unspecified atom stereocenters. The lowest BCUT2D eigenvalue weighted by atomic mass is 9.91. The molecule has 7 heteroatoms. The fourth-order valence-corrected chi connectivity index (χ4v) is 5.12. The van der Waals surface area contributed by atoms with Crippen LogP contribution in [-0.2, 0) is 12.8 Å². The van der Waals surface area contributed by atoms with E-state index >= 15 is 0 Å². The van der Waals surface area contributed by atoms with Crippen molar-refractivity contribution >= 4 is 47.0 Å². The van der Waals surface area contributed by atoms with E-state index in [1.807, 2.05) is 6.07 Å². The zero-order valence-electron chi connectivity index (χ0n) is 18.2.